The summed E-state index contributed by atoms with van der Waals surface area (Å²) in [6.45, 7) is 2.27. The monoisotopic (exact) mass is 304 g/mol. The van der Waals surface area contributed by atoms with Crippen LogP contribution in [0, 0.1) is 0 Å². The highest BCUT2D eigenvalue weighted by Crippen LogP contribution is 2.30. The van der Waals surface area contributed by atoms with Crippen LogP contribution in [-0.2, 0) is 6.61 Å². The lowest BCUT2D eigenvalue weighted by Crippen LogP contribution is -1.96. The third kappa shape index (κ3) is 3.86. The summed E-state index contributed by atoms with van der Waals surface area (Å²) in [5, 5.41) is 8.89. The van der Waals surface area contributed by atoms with Gasteiger partial charge in [0.05, 0.1) is 7.11 Å². The minimum absolute atomic E-state index is 0.309. The van der Waals surface area contributed by atoms with Crippen LogP contribution in [0.1, 0.15) is 27.0 Å². The molecule has 0 saturated heterocycles. The van der Waals surface area contributed by atoms with Crippen LogP contribution in [-0.4, -0.2) is 18.2 Å². The summed E-state index contributed by atoms with van der Waals surface area (Å²) in [4.78, 5) is 12.0. The van der Waals surface area contributed by atoms with Gasteiger partial charge in [0.2, 0.25) is 0 Å². The number of rotatable bonds is 6. The molecule has 1 aromatic heterocycles. The molecule has 2 rings (SSSR count). The van der Waals surface area contributed by atoms with E-state index in [1.807, 2.05) is 37.3 Å². The Balaban J connectivity index is 2.09. The van der Waals surface area contributed by atoms with Crippen molar-refractivity contribution in [3.63, 3.8) is 0 Å². The highest BCUT2D eigenvalue weighted by Gasteiger charge is 2.09. The van der Waals surface area contributed by atoms with Gasteiger partial charge in [-0.05, 0) is 36.8 Å². The summed E-state index contributed by atoms with van der Waals surface area (Å²) in [6.07, 6.45) is 3.93. The average molecular weight is 304 g/mol. The molecule has 0 radical (unpaired) electrons. The van der Waals surface area contributed by atoms with Gasteiger partial charge in [0.25, 0.3) is 0 Å². The zero-order valence-corrected chi connectivity index (χ0v) is 12.6. The molecule has 1 aromatic carbocycles. The number of carboxylic acids is 1. The smallest absolute Gasteiger partial charge is 0.345 e. The second-order valence-electron chi connectivity index (χ2n) is 4.27. The minimum Gasteiger partial charge on any atom is -0.493 e. The van der Waals surface area contributed by atoms with E-state index >= 15 is 0 Å². The molecule has 0 fully saturated rings. The number of methoxy groups -OCH3 is 1. The molecule has 4 nitrogen and oxygen atoms in total. The van der Waals surface area contributed by atoms with Gasteiger partial charge in [-0.1, -0.05) is 18.2 Å². The fourth-order valence-corrected chi connectivity index (χ4v) is 2.58. The lowest BCUT2D eigenvalue weighted by atomic mass is 10.2. The van der Waals surface area contributed by atoms with Crippen molar-refractivity contribution in [2.75, 3.05) is 7.11 Å². The van der Waals surface area contributed by atoms with Crippen LogP contribution >= 0.6 is 11.3 Å². The van der Waals surface area contributed by atoms with Gasteiger partial charge in [-0.3, -0.25) is 0 Å². The van der Waals surface area contributed by atoms with E-state index in [0.717, 1.165) is 10.4 Å². The predicted molar refractivity (Wildman–Crippen MR) is 83.3 cm³/mol. The molecule has 5 heteroatoms. The molecule has 0 unspecified atom stereocenters. The van der Waals surface area contributed by atoms with E-state index in [4.69, 9.17) is 14.6 Å². The van der Waals surface area contributed by atoms with Crippen molar-refractivity contribution in [3.05, 3.63) is 51.7 Å². The summed E-state index contributed by atoms with van der Waals surface area (Å²) in [6, 6.07) is 9.02. The number of hydrogen-bond acceptors (Lipinski definition) is 4. The highest BCUT2D eigenvalue weighted by molar-refractivity contribution is 7.13. The third-order valence-electron chi connectivity index (χ3n) is 2.79. The standard InChI is InChI=1S/C16H16O4S/c1-3-4-11-5-7-13(14(9-11)19-2)20-10-12-6-8-15(21-12)16(17)18/h3-9H,10H2,1-2H3,(H,17,18). The third-order valence-corrected chi connectivity index (χ3v) is 3.84. The molecule has 21 heavy (non-hydrogen) atoms. The quantitative estimate of drug-likeness (QED) is 0.874. The first kappa shape index (κ1) is 15.1. The van der Waals surface area contributed by atoms with Gasteiger partial charge in [-0.15, -0.1) is 11.3 Å². The zero-order chi connectivity index (χ0) is 15.2. The lowest BCUT2D eigenvalue weighted by molar-refractivity contribution is 0.0702. The van der Waals surface area contributed by atoms with Gasteiger partial charge in [-0.25, -0.2) is 4.79 Å². The summed E-state index contributed by atoms with van der Waals surface area (Å²) in [7, 11) is 1.59. The van der Waals surface area contributed by atoms with E-state index in [2.05, 4.69) is 0 Å². The van der Waals surface area contributed by atoms with Crippen molar-refractivity contribution in [1.82, 2.24) is 0 Å². The van der Waals surface area contributed by atoms with E-state index in [9.17, 15) is 4.79 Å². The van der Waals surface area contributed by atoms with E-state index in [1.54, 1.807) is 19.2 Å². The molecule has 0 saturated carbocycles. The number of thiophene rings is 1. The predicted octanol–water partition coefficient (Wildman–Crippen LogP) is 4.07. The number of carbonyl (C=O) groups is 1. The lowest BCUT2D eigenvalue weighted by Gasteiger charge is -2.10. The molecular weight excluding hydrogens is 288 g/mol. The number of ether oxygens (including phenoxy) is 2. The second-order valence-corrected chi connectivity index (χ2v) is 5.44. The van der Waals surface area contributed by atoms with Crippen LogP contribution in [0.5, 0.6) is 11.5 Å². The van der Waals surface area contributed by atoms with Crippen molar-refractivity contribution in [2.24, 2.45) is 0 Å². The Morgan fingerprint density at radius 2 is 2.10 bits per heavy atom. The summed E-state index contributed by atoms with van der Waals surface area (Å²) < 4.78 is 11.0. The fourth-order valence-electron chi connectivity index (χ4n) is 1.82. The molecule has 0 aliphatic heterocycles. The maximum absolute atomic E-state index is 10.8. The van der Waals surface area contributed by atoms with Crippen LogP contribution in [0.4, 0.5) is 0 Å². The van der Waals surface area contributed by atoms with E-state index in [0.29, 0.717) is 23.0 Å². The Morgan fingerprint density at radius 3 is 2.71 bits per heavy atom. The molecule has 0 aliphatic rings. The normalized spacial score (nSPS) is 10.8. The molecule has 1 heterocycles. The molecule has 110 valence electrons. The molecule has 0 spiro atoms. The van der Waals surface area contributed by atoms with Crippen LogP contribution in [0.15, 0.2) is 36.4 Å². The average Bonchev–Trinajstić information content (AvgIpc) is 2.95. The summed E-state index contributed by atoms with van der Waals surface area (Å²) >= 11 is 1.21. The zero-order valence-electron chi connectivity index (χ0n) is 11.8. The molecule has 0 atom stereocenters. The fraction of sp³-hybridized carbons (Fsp3) is 0.188. The van der Waals surface area contributed by atoms with Crippen LogP contribution in [0.2, 0.25) is 0 Å². The molecule has 0 bridgehead atoms. The van der Waals surface area contributed by atoms with E-state index < -0.39 is 5.97 Å². The molecule has 1 N–H and O–H groups in total. The number of aromatic carboxylic acids is 1. The Kier molecular flexibility index (Phi) is 5.00. The number of benzene rings is 1. The first-order valence-corrected chi connectivity index (χ1v) is 7.21. The van der Waals surface area contributed by atoms with Gasteiger partial charge in [0.1, 0.15) is 11.5 Å². The van der Waals surface area contributed by atoms with Crippen LogP contribution < -0.4 is 9.47 Å². The number of allylic oxidation sites excluding steroid dienone is 1. The van der Waals surface area contributed by atoms with Gasteiger partial charge < -0.3 is 14.6 Å². The van der Waals surface area contributed by atoms with Gasteiger partial charge >= 0.3 is 5.97 Å². The summed E-state index contributed by atoms with van der Waals surface area (Å²) in [5.41, 5.74) is 1.03. The Morgan fingerprint density at radius 1 is 1.29 bits per heavy atom. The van der Waals surface area contributed by atoms with Crippen molar-refractivity contribution in [3.8, 4) is 11.5 Å². The first-order chi connectivity index (χ1) is 10.1. The topological polar surface area (TPSA) is 55.8 Å². The second kappa shape index (κ2) is 6.95. The van der Waals surface area contributed by atoms with Crippen molar-refractivity contribution >= 4 is 23.4 Å². The largest absolute Gasteiger partial charge is 0.493 e. The van der Waals surface area contributed by atoms with Crippen LogP contribution in [0.3, 0.4) is 0 Å². The van der Waals surface area contributed by atoms with Crippen LogP contribution in [0.25, 0.3) is 6.08 Å². The van der Waals surface area contributed by atoms with Gasteiger partial charge in [0, 0.05) is 4.88 Å². The van der Waals surface area contributed by atoms with Crippen molar-refractivity contribution in [1.29, 1.82) is 0 Å². The SMILES string of the molecule is CC=Cc1ccc(OCc2ccc(C(=O)O)s2)c(OC)c1. The van der Waals surface area contributed by atoms with Crippen molar-refractivity contribution < 1.29 is 19.4 Å². The molecular formula is C16H16O4S. The molecule has 0 aliphatic carbocycles. The Labute approximate surface area is 127 Å². The van der Waals surface area contributed by atoms with Crippen molar-refractivity contribution in [2.45, 2.75) is 13.5 Å². The van der Waals surface area contributed by atoms with E-state index in [-0.39, 0.29) is 0 Å². The first-order valence-electron chi connectivity index (χ1n) is 6.39. The van der Waals surface area contributed by atoms with E-state index in [1.165, 1.54) is 11.3 Å². The van der Waals surface area contributed by atoms with Gasteiger partial charge in [-0.2, -0.15) is 0 Å². The molecule has 2 aromatic rings. The molecule has 0 amide bonds. The minimum atomic E-state index is -0.917. The highest BCUT2D eigenvalue weighted by atomic mass is 32.1. The Bertz CT molecular complexity index is 658. The maximum atomic E-state index is 10.8. The van der Waals surface area contributed by atoms with Gasteiger partial charge in [0.15, 0.2) is 11.5 Å². The number of carboxylic acid groups (broad SMARTS) is 1. The maximum Gasteiger partial charge on any atom is 0.345 e. The summed E-state index contributed by atoms with van der Waals surface area (Å²) in [5.74, 6) is 0.371. The Hall–Kier alpha value is -2.27. The number of hydrogen-bond donors (Lipinski definition) is 1.